The van der Waals surface area contributed by atoms with Gasteiger partial charge in [-0.05, 0) is 31.9 Å². The molecule has 5 heteroatoms. The second-order valence-electron chi connectivity index (χ2n) is 6.79. The summed E-state index contributed by atoms with van der Waals surface area (Å²) in [5.74, 6) is -0.229. The Hall–Kier alpha value is -2.92. The maximum Gasteiger partial charge on any atom is 0.252 e. The molecule has 0 saturated heterocycles. The minimum atomic E-state index is -0.229. The van der Waals surface area contributed by atoms with Crippen molar-refractivity contribution in [2.45, 2.75) is 26.8 Å². The molecule has 0 bridgehead atoms. The average Bonchev–Trinajstić information content (AvgIpc) is 2.71. The smallest absolute Gasteiger partial charge is 0.252 e. The van der Waals surface area contributed by atoms with E-state index < -0.39 is 0 Å². The van der Waals surface area contributed by atoms with E-state index in [2.05, 4.69) is 5.32 Å². The number of fused-ring (bicyclic) bond motifs is 1. The van der Waals surface area contributed by atoms with E-state index in [1.165, 1.54) is 11.6 Å². The Balaban J connectivity index is 1.89. The number of nitrogens with zero attached hydrogens (tertiary/aromatic N) is 1. The van der Waals surface area contributed by atoms with E-state index in [1.54, 1.807) is 4.57 Å². The van der Waals surface area contributed by atoms with Crippen molar-refractivity contribution in [1.82, 2.24) is 9.88 Å². The van der Waals surface area contributed by atoms with Crippen LogP contribution in [0.1, 0.15) is 34.8 Å². The molecule has 1 N–H and O–H groups in total. The van der Waals surface area contributed by atoms with Gasteiger partial charge >= 0.3 is 0 Å². The molecule has 0 radical (unpaired) electrons. The van der Waals surface area contributed by atoms with Gasteiger partial charge in [-0.15, -0.1) is 0 Å². The largest absolute Gasteiger partial charge is 0.382 e. The zero-order valence-corrected chi connectivity index (χ0v) is 16.4. The van der Waals surface area contributed by atoms with Crippen LogP contribution in [0, 0.1) is 6.92 Å². The molecule has 0 aliphatic rings. The van der Waals surface area contributed by atoms with Crippen molar-refractivity contribution < 1.29 is 9.53 Å². The summed E-state index contributed by atoms with van der Waals surface area (Å²) in [5, 5.41) is 3.66. The highest BCUT2D eigenvalue weighted by molar-refractivity contribution is 6.06. The van der Waals surface area contributed by atoms with Crippen LogP contribution in [-0.2, 0) is 11.3 Å². The Morgan fingerprint density at radius 2 is 1.86 bits per heavy atom. The van der Waals surface area contributed by atoms with E-state index >= 15 is 0 Å². The number of rotatable bonds is 8. The van der Waals surface area contributed by atoms with E-state index in [1.807, 2.05) is 62.4 Å². The monoisotopic (exact) mass is 378 g/mol. The van der Waals surface area contributed by atoms with E-state index in [4.69, 9.17) is 4.74 Å². The summed E-state index contributed by atoms with van der Waals surface area (Å²) in [6.07, 6.45) is 0.738. The molecule has 1 heterocycles. The van der Waals surface area contributed by atoms with Gasteiger partial charge in [0, 0.05) is 31.2 Å². The summed E-state index contributed by atoms with van der Waals surface area (Å²) in [4.78, 5) is 25.5. The van der Waals surface area contributed by atoms with Crippen molar-refractivity contribution in [3.05, 3.63) is 81.6 Å². The van der Waals surface area contributed by atoms with Crippen LogP contribution in [0.2, 0.25) is 0 Å². The van der Waals surface area contributed by atoms with Crippen LogP contribution in [0.3, 0.4) is 0 Å². The van der Waals surface area contributed by atoms with Crippen LogP contribution < -0.4 is 10.9 Å². The predicted molar refractivity (Wildman–Crippen MR) is 112 cm³/mol. The first-order valence-electron chi connectivity index (χ1n) is 9.64. The van der Waals surface area contributed by atoms with Crippen molar-refractivity contribution >= 4 is 16.8 Å². The average molecular weight is 378 g/mol. The van der Waals surface area contributed by atoms with Gasteiger partial charge in [0.2, 0.25) is 0 Å². The lowest BCUT2D eigenvalue weighted by atomic mass is 10.1. The lowest BCUT2D eigenvalue weighted by Crippen LogP contribution is -2.29. The topological polar surface area (TPSA) is 60.3 Å². The Kier molecular flexibility index (Phi) is 6.61. The Morgan fingerprint density at radius 1 is 1.11 bits per heavy atom. The summed E-state index contributed by atoms with van der Waals surface area (Å²) >= 11 is 0. The normalized spacial score (nSPS) is 10.9. The quantitative estimate of drug-likeness (QED) is 0.610. The van der Waals surface area contributed by atoms with Gasteiger partial charge in [-0.25, -0.2) is 0 Å². The van der Waals surface area contributed by atoms with Crippen molar-refractivity contribution in [3.8, 4) is 0 Å². The SMILES string of the molecule is CCOCCCNC(=O)c1cc(=O)n(Cc2ccc(C)cc2)c2ccccc12. The van der Waals surface area contributed by atoms with Gasteiger partial charge in [-0.2, -0.15) is 0 Å². The van der Waals surface area contributed by atoms with E-state index in [-0.39, 0.29) is 11.5 Å². The van der Waals surface area contributed by atoms with Gasteiger partial charge in [-0.3, -0.25) is 9.59 Å². The van der Waals surface area contributed by atoms with Gasteiger partial charge in [0.15, 0.2) is 0 Å². The minimum Gasteiger partial charge on any atom is -0.382 e. The zero-order valence-electron chi connectivity index (χ0n) is 16.4. The van der Waals surface area contributed by atoms with Gasteiger partial charge in [0.1, 0.15) is 0 Å². The lowest BCUT2D eigenvalue weighted by Gasteiger charge is -2.14. The van der Waals surface area contributed by atoms with Crippen LogP contribution in [0.25, 0.3) is 10.9 Å². The molecule has 0 aliphatic carbocycles. The van der Waals surface area contributed by atoms with Gasteiger partial charge < -0.3 is 14.6 Å². The third-order valence-corrected chi connectivity index (χ3v) is 4.68. The number of aryl methyl sites for hydroxylation is 1. The first-order chi connectivity index (χ1) is 13.6. The number of hydrogen-bond donors (Lipinski definition) is 1. The third-order valence-electron chi connectivity index (χ3n) is 4.68. The molecule has 0 aliphatic heterocycles. The number of aromatic nitrogens is 1. The van der Waals surface area contributed by atoms with Crippen LogP contribution in [0.15, 0.2) is 59.4 Å². The number of para-hydroxylation sites is 1. The molecule has 28 heavy (non-hydrogen) atoms. The van der Waals surface area contributed by atoms with Gasteiger partial charge in [0.05, 0.1) is 17.6 Å². The van der Waals surface area contributed by atoms with Crippen LogP contribution >= 0.6 is 0 Å². The molecule has 0 fully saturated rings. The molecule has 2 aromatic carbocycles. The second kappa shape index (κ2) is 9.33. The predicted octanol–water partition coefficient (Wildman–Crippen LogP) is 3.51. The number of amides is 1. The Morgan fingerprint density at radius 3 is 2.61 bits per heavy atom. The van der Waals surface area contributed by atoms with Crippen LogP contribution in [-0.4, -0.2) is 30.2 Å². The van der Waals surface area contributed by atoms with Crippen molar-refractivity contribution in [3.63, 3.8) is 0 Å². The molecule has 1 aromatic heterocycles. The highest BCUT2D eigenvalue weighted by Gasteiger charge is 2.14. The maximum absolute atomic E-state index is 12.8. The van der Waals surface area contributed by atoms with Crippen molar-refractivity contribution in [1.29, 1.82) is 0 Å². The fraction of sp³-hybridized carbons (Fsp3) is 0.304. The summed E-state index contributed by atoms with van der Waals surface area (Å²) in [6.45, 7) is 6.23. The molecule has 0 unspecified atom stereocenters. The number of pyridine rings is 1. The second-order valence-corrected chi connectivity index (χ2v) is 6.79. The summed E-state index contributed by atoms with van der Waals surface area (Å²) in [5.41, 5.74) is 3.22. The van der Waals surface area contributed by atoms with E-state index in [0.29, 0.717) is 31.9 Å². The number of benzene rings is 2. The summed E-state index contributed by atoms with van der Waals surface area (Å²) in [7, 11) is 0. The molecule has 0 atom stereocenters. The van der Waals surface area contributed by atoms with E-state index in [0.717, 1.165) is 22.9 Å². The summed E-state index contributed by atoms with van der Waals surface area (Å²) in [6, 6.07) is 17.1. The third kappa shape index (κ3) is 4.67. The number of hydrogen-bond acceptors (Lipinski definition) is 3. The molecule has 1 amide bonds. The highest BCUT2D eigenvalue weighted by atomic mass is 16.5. The molecular weight excluding hydrogens is 352 g/mol. The first kappa shape index (κ1) is 19.8. The molecular formula is C23H26N2O3. The molecule has 146 valence electrons. The van der Waals surface area contributed by atoms with Gasteiger partial charge in [0.25, 0.3) is 11.5 Å². The fourth-order valence-corrected chi connectivity index (χ4v) is 3.18. The van der Waals surface area contributed by atoms with Crippen LogP contribution in [0.4, 0.5) is 0 Å². The zero-order chi connectivity index (χ0) is 19.9. The maximum atomic E-state index is 12.8. The Labute approximate surface area is 165 Å². The molecule has 0 spiro atoms. The van der Waals surface area contributed by atoms with Gasteiger partial charge in [-0.1, -0.05) is 48.0 Å². The first-order valence-corrected chi connectivity index (χ1v) is 9.64. The van der Waals surface area contributed by atoms with Crippen molar-refractivity contribution in [2.75, 3.05) is 19.8 Å². The standard InChI is InChI=1S/C23H26N2O3/c1-3-28-14-6-13-24-23(27)20-15-22(26)25(21-8-5-4-7-19(20)21)16-18-11-9-17(2)10-12-18/h4-5,7-12,15H,3,6,13-14,16H2,1-2H3,(H,24,27). The number of ether oxygens (including phenoxy) is 1. The molecule has 3 aromatic rings. The molecule has 3 rings (SSSR count). The fourth-order valence-electron chi connectivity index (χ4n) is 3.18. The highest BCUT2D eigenvalue weighted by Crippen LogP contribution is 2.18. The summed E-state index contributed by atoms with van der Waals surface area (Å²) < 4.78 is 7.00. The number of nitrogens with one attached hydrogen (secondary N) is 1. The Bertz CT molecular complexity index is 1010. The lowest BCUT2D eigenvalue weighted by molar-refractivity contribution is 0.0945. The molecule has 0 saturated carbocycles. The van der Waals surface area contributed by atoms with Crippen LogP contribution in [0.5, 0.6) is 0 Å². The van der Waals surface area contributed by atoms with Crippen molar-refractivity contribution in [2.24, 2.45) is 0 Å². The minimum absolute atomic E-state index is 0.182. The number of carbonyl (C=O) groups is 1. The molecule has 5 nitrogen and oxygen atoms in total. The van der Waals surface area contributed by atoms with E-state index in [9.17, 15) is 9.59 Å². The number of carbonyl (C=O) groups excluding carboxylic acids is 1.